The van der Waals surface area contributed by atoms with Gasteiger partial charge in [0.05, 0.1) is 11.4 Å². The first-order chi connectivity index (χ1) is 12.7. The van der Waals surface area contributed by atoms with E-state index >= 15 is 0 Å². The number of ether oxygens (including phenoxy) is 1. The van der Waals surface area contributed by atoms with Crippen molar-refractivity contribution in [3.05, 3.63) is 40.8 Å². The summed E-state index contributed by atoms with van der Waals surface area (Å²) in [5, 5.41) is 2.82. The van der Waals surface area contributed by atoms with E-state index in [0.717, 1.165) is 60.8 Å². The van der Waals surface area contributed by atoms with Crippen LogP contribution in [-0.2, 0) is 9.53 Å². The fraction of sp³-hybridized carbons (Fsp3) is 0.368. The van der Waals surface area contributed by atoms with Crippen LogP contribution in [-0.4, -0.2) is 42.4 Å². The third-order valence-corrected chi connectivity index (χ3v) is 4.59. The molecule has 1 aromatic carbocycles. The van der Waals surface area contributed by atoms with Crippen LogP contribution in [0.3, 0.4) is 0 Å². The molecule has 0 radical (unpaired) electrons. The molecule has 1 amide bonds. The van der Waals surface area contributed by atoms with Crippen LogP contribution in [0.25, 0.3) is 11.3 Å². The van der Waals surface area contributed by atoms with Crippen molar-refractivity contribution in [3.8, 4) is 11.3 Å². The summed E-state index contributed by atoms with van der Waals surface area (Å²) in [7, 11) is 0. The fourth-order valence-electron chi connectivity index (χ4n) is 2.94. The highest BCUT2D eigenvalue weighted by Crippen LogP contribution is 2.25. The number of nitrogens with one attached hydrogen (secondary N) is 1. The largest absolute Gasteiger partial charge is 0.381 e. The van der Waals surface area contributed by atoms with Crippen molar-refractivity contribution in [2.45, 2.75) is 19.8 Å². The normalized spacial score (nSPS) is 15.3. The number of carbonyl (C=O) groups excluding carboxylic acids is 1. The van der Waals surface area contributed by atoms with E-state index in [1.54, 1.807) is 0 Å². The zero-order valence-electron chi connectivity index (χ0n) is 14.6. The van der Waals surface area contributed by atoms with Gasteiger partial charge < -0.3 is 10.1 Å². The first-order valence-corrected chi connectivity index (χ1v) is 8.97. The third-order valence-electron chi connectivity index (χ3n) is 4.42. The van der Waals surface area contributed by atoms with E-state index < -0.39 is 0 Å². The second-order valence-electron chi connectivity index (χ2n) is 6.23. The van der Waals surface area contributed by atoms with Crippen LogP contribution in [0.2, 0.25) is 5.28 Å². The topological polar surface area (TPSA) is 76.5 Å². The van der Waals surface area contributed by atoms with Crippen LogP contribution in [0.4, 0.5) is 5.69 Å². The van der Waals surface area contributed by atoms with E-state index in [1.807, 2.05) is 37.4 Å². The average molecular weight is 373 g/mol. The fourth-order valence-corrected chi connectivity index (χ4v) is 3.15. The van der Waals surface area contributed by atoms with Crippen molar-refractivity contribution in [1.29, 1.82) is 0 Å². The van der Waals surface area contributed by atoms with E-state index in [-0.39, 0.29) is 5.28 Å². The highest BCUT2D eigenvalue weighted by Gasteiger charge is 2.14. The second-order valence-corrected chi connectivity index (χ2v) is 6.57. The summed E-state index contributed by atoms with van der Waals surface area (Å²) in [5.41, 5.74) is 3.98. The van der Waals surface area contributed by atoms with E-state index in [1.165, 1.54) is 0 Å². The van der Waals surface area contributed by atoms with Gasteiger partial charge in [0.25, 0.3) is 0 Å². The predicted octanol–water partition coefficient (Wildman–Crippen LogP) is 3.52. The quantitative estimate of drug-likeness (QED) is 0.478. The Balaban J connectivity index is 1.85. The summed E-state index contributed by atoms with van der Waals surface area (Å²) in [6.45, 7) is 4.30. The van der Waals surface area contributed by atoms with Gasteiger partial charge in [-0.3, -0.25) is 9.79 Å². The Hall–Kier alpha value is -2.31. The standard InChI is InChI=1S/C19H21ClN4O2/c1-13-17(11-21-10-14-6-8-26-9-7-14)18(24-19(20)23-13)15-2-4-16(5-3-15)22-12-25/h2-5,11-12,14H,6-10H2,1H3,(H,22,25). The number of nitrogens with zero attached hydrogens (tertiary/aromatic N) is 3. The summed E-state index contributed by atoms with van der Waals surface area (Å²) >= 11 is 6.07. The number of aryl methyl sites for hydroxylation is 1. The highest BCUT2D eigenvalue weighted by atomic mass is 35.5. The first kappa shape index (κ1) is 18.5. The van der Waals surface area contributed by atoms with Crippen LogP contribution >= 0.6 is 11.6 Å². The van der Waals surface area contributed by atoms with E-state index in [2.05, 4.69) is 20.3 Å². The van der Waals surface area contributed by atoms with Crippen molar-refractivity contribution in [2.24, 2.45) is 10.9 Å². The van der Waals surface area contributed by atoms with Crippen LogP contribution in [0.1, 0.15) is 24.1 Å². The van der Waals surface area contributed by atoms with Crippen LogP contribution in [0.5, 0.6) is 0 Å². The molecule has 136 valence electrons. The summed E-state index contributed by atoms with van der Waals surface area (Å²) in [4.78, 5) is 23.8. The van der Waals surface area contributed by atoms with Gasteiger partial charge in [0.15, 0.2) is 0 Å². The van der Waals surface area contributed by atoms with E-state index in [0.29, 0.717) is 12.3 Å². The van der Waals surface area contributed by atoms with E-state index in [9.17, 15) is 4.79 Å². The van der Waals surface area contributed by atoms with Crippen molar-refractivity contribution in [2.75, 3.05) is 25.1 Å². The lowest BCUT2D eigenvalue weighted by atomic mass is 10.0. The number of halogens is 1. The SMILES string of the molecule is Cc1nc(Cl)nc(-c2ccc(NC=O)cc2)c1C=NCC1CCOCC1. The number of hydrogen-bond acceptors (Lipinski definition) is 5. The molecule has 1 fully saturated rings. The Morgan fingerprint density at radius 2 is 2.00 bits per heavy atom. The summed E-state index contributed by atoms with van der Waals surface area (Å²) in [6.07, 6.45) is 4.58. The number of aromatic nitrogens is 2. The molecule has 0 spiro atoms. The molecule has 1 aliphatic rings. The van der Waals surface area contributed by atoms with Crippen molar-refractivity contribution in [3.63, 3.8) is 0 Å². The maximum atomic E-state index is 10.5. The minimum atomic E-state index is 0.203. The van der Waals surface area contributed by atoms with Crippen molar-refractivity contribution in [1.82, 2.24) is 9.97 Å². The van der Waals surface area contributed by atoms with Gasteiger partial charge in [-0.15, -0.1) is 0 Å². The minimum absolute atomic E-state index is 0.203. The van der Waals surface area contributed by atoms with Crippen LogP contribution in [0.15, 0.2) is 29.3 Å². The Labute approximate surface area is 157 Å². The molecule has 1 saturated heterocycles. The number of hydrogen-bond donors (Lipinski definition) is 1. The number of aliphatic imine (C=N–C) groups is 1. The monoisotopic (exact) mass is 372 g/mol. The number of benzene rings is 1. The molecule has 1 N–H and O–H groups in total. The summed E-state index contributed by atoms with van der Waals surface area (Å²) in [5.74, 6) is 0.561. The van der Waals surface area contributed by atoms with Gasteiger partial charge in [-0.1, -0.05) is 12.1 Å². The molecular formula is C19H21ClN4O2. The zero-order chi connectivity index (χ0) is 18.4. The zero-order valence-corrected chi connectivity index (χ0v) is 15.4. The van der Waals surface area contributed by atoms with Gasteiger partial charge in [0, 0.05) is 42.8 Å². The number of anilines is 1. The average Bonchev–Trinajstić information content (AvgIpc) is 2.65. The molecular weight excluding hydrogens is 352 g/mol. The maximum absolute atomic E-state index is 10.5. The Bertz CT molecular complexity index is 787. The molecule has 6 nitrogen and oxygen atoms in total. The summed E-state index contributed by atoms with van der Waals surface area (Å²) in [6, 6.07) is 7.41. The summed E-state index contributed by atoms with van der Waals surface area (Å²) < 4.78 is 5.39. The van der Waals surface area contributed by atoms with Gasteiger partial charge in [0.1, 0.15) is 0 Å². The third kappa shape index (κ3) is 4.65. The Morgan fingerprint density at radius 3 is 2.69 bits per heavy atom. The number of rotatable bonds is 6. The van der Waals surface area contributed by atoms with Crippen molar-refractivity contribution < 1.29 is 9.53 Å². The molecule has 1 aromatic heterocycles. The minimum Gasteiger partial charge on any atom is -0.381 e. The van der Waals surface area contributed by atoms with Gasteiger partial charge >= 0.3 is 0 Å². The van der Waals surface area contributed by atoms with Crippen molar-refractivity contribution >= 4 is 29.9 Å². The molecule has 0 saturated carbocycles. The first-order valence-electron chi connectivity index (χ1n) is 8.59. The molecule has 0 atom stereocenters. The maximum Gasteiger partial charge on any atom is 0.223 e. The second kappa shape index (κ2) is 8.87. The smallest absolute Gasteiger partial charge is 0.223 e. The molecule has 2 aromatic rings. The lowest BCUT2D eigenvalue weighted by molar-refractivity contribution is -0.105. The molecule has 26 heavy (non-hydrogen) atoms. The van der Waals surface area contributed by atoms with E-state index in [4.69, 9.17) is 16.3 Å². The van der Waals surface area contributed by atoms with Gasteiger partial charge in [-0.2, -0.15) is 0 Å². The lowest BCUT2D eigenvalue weighted by Crippen LogP contribution is -2.18. The van der Waals surface area contributed by atoms with Gasteiger partial charge in [-0.25, -0.2) is 9.97 Å². The van der Waals surface area contributed by atoms with Gasteiger partial charge in [0.2, 0.25) is 11.7 Å². The predicted molar refractivity (Wildman–Crippen MR) is 103 cm³/mol. The molecule has 7 heteroatoms. The number of amides is 1. The molecule has 3 rings (SSSR count). The van der Waals surface area contributed by atoms with Gasteiger partial charge in [-0.05, 0) is 49.4 Å². The van der Waals surface area contributed by atoms with Crippen LogP contribution in [0, 0.1) is 12.8 Å². The molecule has 0 aliphatic carbocycles. The highest BCUT2D eigenvalue weighted by molar-refractivity contribution is 6.28. The Morgan fingerprint density at radius 1 is 1.27 bits per heavy atom. The molecule has 0 unspecified atom stereocenters. The van der Waals surface area contributed by atoms with Crippen LogP contribution < -0.4 is 5.32 Å². The lowest BCUT2D eigenvalue weighted by Gasteiger charge is -2.19. The molecule has 1 aliphatic heterocycles. The molecule has 2 heterocycles. The molecule has 0 bridgehead atoms. The Kier molecular flexibility index (Phi) is 6.30. The number of carbonyl (C=O) groups is 1.